The van der Waals surface area contributed by atoms with Crippen molar-refractivity contribution in [2.45, 2.75) is 55.5 Å². The van der Waals surface area contributed by atoms with Gasteiger partial charge in [0.25, 0.3) is 10.0 Å². The number of thiocarbonyl (C=S) groups is 1. The monoisotopic (exact) mass is 316 g/mol. The van der Waals surface area contributed by atoms with Crippen LogP contribution < -0.4 is 10.5 Å². The molecule has 1 aromatic heterocycles. The van der Waals surface area contributed by atoms with E-state index in [9.17, 15) is 8.42 Å². The lowest BCUT2D eigenvalue weighted by Gasteiger charge is -2.34. The first kappa shape index (κ1) is 15.4. The molecule has 20 heavy (non-hydrogen) atoms. The number of sulfonamides is 1. The summed E-state index contributed by atoms with van der Waals surface area (Å²) in [5.74, 6) is 0. The van der Waals surface area contributed by atoms with Crippen molar-refractivity contribution in [3.05, 3.63) is 12.5 Å². The molecule has 0 spiro atoms. The number of nitrogens with one attached hydrogen (secondary N) is 2. The predicted molar refractivity (Wildman–Crippen MR) is 80.7 cm³/mol. The van der Waals surface area contributed by atoms with Gasteiger partial charge in [0.1, 0.15) is 0 Å². The Kier molecular flexibility index (Phi) is 4.77. The molecule has 1 fully saturated rings. The van der Waals surface area contributed by atoms with E-state index in [-0.39, 0.29) is 10.0 Å². The Hall–Kier alpha value is -0.990. The van der Waals surface area contributed by atoms with Crippen LogP contribution in [0, 0.1) is 0 Å². The largest absolute Gasteiger partial charge is 0.392 e. The summed E-state index contributed by atoms with van der Waals surface area (Å²) in [4.78, 5) is 6.57. The van der Waals surface area contributed by atoms with Gasteiger partial charge in [-0.1, -0.05) is 44.3 Å². The van der Waals surface area contributed by atoms with Crippen molar-refractivity contribution in [1.82, 2.24) is 14.7 Å². The molecule has 6 nitrogen and oxygen atoms in total. The molecule has 1 aliphatic carbocycles. The molecule has 8 heteroatoms. The Bertz CT molecular complexity index is 546. The molecule has 0 radical (unpaired) electrons. The molecule has 1 saturated carbocycles. The first-order chi connectivity index (χ1) is 9.46. The molecule has 1 aliphatic rings. The summed E-state index contributed by atoms with van der Waals surface area (Å²) in [6, 6.07) is 0. The Balaban J connectivity index is 2.26. The van der Waals surface area contributed by atoms with Crippen molar-refractivity contribution in [3.63, 3.8) is 0 Å². The Morgan fingerprint density at radius 1 is 1.30 bits per heavy atom. The molecule has 1 heterocycles. The standard InChI is InChI=1S/C12H20N4O2S2/c13-11(19)12(6-4-2-1-3-5-7-12)16-20(17,18)10-8-14-9-15-10/h8-9,16H,1-7H2,(H2,13,19)(H,14,15). The van der Waals surface area contributed by atoms with Gasteiger partial charge in [-0.25, -0.2) is 13.4 Å². The normalized spacial score (nSPS) is 20.0. The highest BCUT2D eigenvalue weighted by Gasteiger charge is 2.38. The zero-order chi connectivity index (χ0) is 14.6. The quantitative estimate of drug-likeness (QED) is 0.730. The van der Waals surface area contributed by atoms with Gasteiger partial charge >= 0.3 is 0 Å². The summed E-state index contributed by atoms with van der Waals surface area (Å²) in [5, 5.41) is 0.0372. The van der Waals surface area contributed by atoms with E-state index < -0.39 is 15.6 Å². The fourth-order valence-electron chi connectivity index (χ4n) is 2.61. The summed E-state index contributed by atoms with van der Waals surface area (Å²) >= 11 is 5.15. The van der Waals surface area contributed by atoms with E-state index in [4.69, 9.17) is 18.0 Å². The second-order valence-electron chi connectivity index (χ2n) is 5.24. The summed E-state index contributed by atoms with van der Waals surface area (Å²) in [7, 11) is -3.68. The molecule has 0 amide bonds. The van der Waals surface area contributed by atoms with Crippen molar-refractivity contribution in [3.8, 4) is 0 Å². The number of H-pyrrole nitrogens is 1. The lowest BCUT2D eigenvalue weighted by molar-refractivity contribution is 0.371. The van der Waals surface area contributed by atoms with Crippen LogP contribution in [0.1, 0.15) is 44.9 Å². The van der Waals surface area contributed by atoms with E-state index in [0.29, 0.717) is 12.8 Å². The third-order valence-corrected chi connectivity index (χ3v) is 5.62. The number of hydrogen-bond donors (Lipinski definition) is 3. The van der Waals surface area contributed by atoms with Crippen LogP contribution in [-0.4, -0.2) is 28.9 Å². The second-order valence-corrected chi connectivity index (χ2v) is 7.33. The minimum atomic E-state index is -3.68. The molecular weight excluding hydrogens is 296 g/mol. The van der Waals surface area contributed by atoms with E-state index in [1.807, 2.05) is 0 Å². The van der Waals surface area contributed by atoms with Crippen LogP contribution in [0.3, 0.4) is 0 Å². The summed E-state index contributed by atoms with van der Waals surface area (Å²) in [6.07, 6.45) is 9.09. The third-order valence-electron chi connectivity index (χ3n) is 3.77. The minimum absolute atomic E-state index is 0.0372. The average molecular weight is 316 g/mol. The lowest BCUT2D eigenvalue weighted by atomic mass is 9.85. The first-order valence-corrected chi connectivity index (χ1v) is 8.68. The van der Waals surface area contributed by atoms with Gasteiger partial charge in [0.05, 0.1) is 23.1 Å². The zero-order valence-corrected chi connectivity index (χ0v) is 12.9. The van der Waals surface area contributed by atoms with Crippen LogP contribution in [0.5, 0.6) is 0 Å². The number of aromatic amines is 1. The highest BCUT2D eigenvalue weighted by atomic mass is 32.2. The van der Waals surface area contributed by atoms with E-state index in [0.717, 1.165) is 25.7 Å². The highest BCUT2D eigenvalue weighted by Crippen LogP contribution is 2.28. The van der Waals surface area contributed by atoms with E-state index >= 15 is 0 Å². The Labute approximate surface area is 124 Å². The molecule has 2 rings (SSSR count). The highest BCUT2D eigenvalue weighted by molar-refractivity contribution is 7.89. The summed E-state index contributed by atoms with van der Waals surface area (Å²) < 4.78 is 27.5. The first-order valence-electron chi connectivity index (χ1n) is 6.79. The van der Waals surface area contributed by atoms with Crippen molar-refractivity contribution in [2.75, 3.05) is 0 Å². The number of aromatic nitrogens is 2. The fraction of sp³-hybridized carbons (Fsp3) is 0.667. The maximum Gasteiger partial charge on any atom is 0.258 e. The minimum Gasteiger partial charge on any atom is -0.392 e. The SMILES string of the molecule is NC(=S)C1(NS(=O)(=O)c2cnc[nH]2)CCCCCCC1. The van der Waals surface area contributed by atoms with Gasteiger partial charge in [-0.15, -0.1) is 0 Å². The van der Waals surface area contributed by atoms with Crippen LogP contribution in [0.25, 0.3) is 0 Å². The van der Waals surface area contributed by atoms with Gasteiger partial charge in [-0.3, -0.25) is 0 Å². The van der Waals surface area contributed by atoms with Crippen molar-refractivity contribution in [1.29, 1.82) is 0 Å². The van der Waals surface area contributed by atoms with Crippen molar-refractivity contribution < 1.29 is 8.42 Å². The van der Waals surface area contributed by atoms with Crippen LogP contribution in [0.15, 0.2) is 17.6 Å². The van der Waals surface area contributed by atoms with Gasteiger partial charge in [0.2, 0.25) is 0 Å². The smallest absolute Gasteiger partial charge is 0.258 e. The number of nitrogens with two attached hydrogens (primary N) is 1. The van der Waals surface area contributed by atoms with E-state index in [1.165, 1.54) is 18.9 Å². The Morgan fingerprint density at radius 2 is 1.90 bits per heavy atom. The topological polar surface area (TPSA) is 101 Å². The van der Waals surface area contributed by atoms with Crippen LogP contribution >= 0.6 is 12.2 Å². The van der Waals surface area contributed by atoms with Crippen molar-refractivity contribution in [2.24, 2.45) is 5.73 Å². The Morgan fingerprint density at radius 3 is 2.40 bits per heavy atom. The molecule has 0 aliphatic heterocycles. The van der Waals surface area contributed by atoms with Crippen molar-refractivity contribution >= 4 is 27.2 Å². The maximum atomic E-state index is 12.4. The molecule has 1 aromatic rings. The maximum absolute atomic E-state index is 12.4. The average Bonchev–Trinajstić information content (AvgIpc) is 2.86. The van der Waals surface area contributed by atoms with Crippen LogP contribution in [0.2, 0.25) is 0 Å². The van der Waals surface area contributed by atoms with Gasteiger partial charge in [0.15, 0.2) is 5.03 Å². The predicted octanol–water partition coefficient (Wildman–Crippen LogP) is 1.46. The number of rotatable bonds is 4. The number of nitrogens with zero attached hydrogens (tertiary/aromatic N) is 1. The lowest BCUT2D eigenvalue weighted by Crippen LogP contribution is -2.56. The summed E-state index contributed by atoms with van der Waals surface area (Å²) in [5.41, 5.74) is 5.04. The third kappa shape index (κ3) is 3.36. The molecule has 0 aromatic carbocycles. The molecule has 0 bridgehead atoms. The molecule has 0 saturated heterocycles. The molecule has 0 atom stereocenters. The molecule has 4 N–H and O–H groups in total. The molecule has 0 unspecified atom stereocenters. The molecular formula is C12H20N4O2S2. The van der Waals surface area contributed by atoms with Crippen LogP contribution in [-0.2, 0) is 10.0 Å². The van der Waals surface area contributed by atoms with Gasteiger partial charge < -0.3 is 10.7 Å². The number of imidazole rings is 1. The summed E-state index contributed by atoms with van der Waals surface area (Å²) in [6.45, 7) is 0. The second kappa shape index (κ2) is 6.19. The fourth-order valence-corrected chi connectivity index (χ4v) is 4.28. The van der Waals surface area contributed by atoms with E-state index in [1.54, 1.807) is 0 Å². The van der Waals surface area contributed by atoms with Gasteiger partial charge in [0, 0.05) is 0 Å². The van der Waals surface area contributed by atoms with Gasteiger partial charge in [-0.05, 0) is 12.8 Å². The molecule has 112 valence electrons. The van der Waals surface area contributed by atoms with Crippen LogP contribution in [0.4, 0.5) is 0 Å². The zero-order valence-electron chi connectivity index (χ0n) is 11.3. The van der Waals surface area contributed by atoms with E-state index in [2.05, 4.69) is 14.7 Å². The van der Waals surface area contributed by atoms with Gasteiger partial charge in [-0.2, -0.15) is 4.72 Å². The number of hydrogen-bond acceptors (Lipinski definition) is 4.